The van der Waals surface area contributed by atoms with Crippen LogP contribution in [-0.4, -0.2) is 39.2 Å². The Morgan fingerprint density at radius 1 is 0.929 bits per heavy atom. The monoisotopic (exact) mass is 393 g/mol. The first-order valence-electron chi connectivity index (χ1n) is 9.72. The van der Waals surface area contributed by atoms with Crippen LogP contribution >= 0.6 is 11.8 Å². The Kier molecular flexibility index (Phi) is 5.76. The normalized spacial score (nSPS) is 14.8. The number of fused-ring (bicyclic) bond motifs is 1. The van der Waals surface area contributed by atoms with E-state index in [0.29, 0.717) is 16.1 Å². The summed E-state index contributed by atoms with van der Waals surface area (Å²) in [5.41, 5.74) is 1.31. The van der Waals surface area contributed by atoms with Crippen molar-refractivity contribution < 1.29 is 4.79 Å². The second-order valence-corrected chi connectivity index (χ2v) is 7.91. The second-order valence-electron chi connectivity index (χ2n) is 6.97. The SMILES string of the molecule is O=C(CSc1nc2ccccc2c(=O)n1-c1ccccc1)N1CCCCCC1. The Bertz CT molecular complexity index is 1020. The molecule has 1 saturated heterocycles. The van der Waals surface area contributed by atoms with E-state index in [9.17, 15) is 9.59 Å². The lowest BCUT2D eigenvalue weighted by molar-refractivity contribution is -0.128. The second kappa shape index (κ2) is 8.61. The molecule has 28 heavy (non-hydrogen) atoms. The Morgan fingerprint density at radius 2 is 1.61 bits per heavy atom. The molecule has 1 amide bonds. The van der Waals surface area contributed by atoms with Crippen molar-refractivity contribution in [3.05, 3.63) is 65.0 Å². The van der Waals surface area contributed by atoms with E-state index in [1.165, 1.54) is 24.6 Å². The van der Waals surface area contributed by atoms with E-state index in [4.69, 9.17) is 4.98 Å². The van der Waals surface area contributed by atoms with Crippen LogP contribution in [0.5, 0.6) is 0 Å². The number of benzene rings is 2. The number of likely N-dealkylation sites (tertiary alicyclic amines) is 1. The molecule has 6 heteroatoms. The van der Waals surface area contributed by atoms with Gasteiger partial charge in [0.25, 0.3) is 5.56 Å². The molecule has 1 aliphatic heterocycles. The fraction of sp³-hybridized carbons (Fsp3) is 0.318. The number of nitrogens with zero attached hydrogens (tertiary/aromatic N) is 3. The largest absolute Gasteiger partial charge is 0.342 e. The highest BCUT2D eigenvalue weighted by Crippen LogP contribution is 2.22. The van der Waals surface area contributed by atoms with Crippen molar-refractivity contribution in [1.29, 1.82) is 0 Å². The summed E-state index contributed by atoms with van der Waals surface area (Å²) < 4.78 is 1.61. The first-order valence-corrected chi connectivity index (χ1v) is 10.7. The molecule has 4 rings (SSSR count). The molecule has 0 spiro atoms. The Balaban J connectivity index is 1.67. The van der Waals surface area contributed by atoms with Crippen LogP contribution in [0.4, 0.5) is 0 Å². The maximum Gasteiger partial charge on any atom is 0.266 e. The first-order chi connectivity index (χ1) is 13.7. The van der Waals surface area contributed by atoms with Gasteiger partial charge in [0, 0.05) is 13.1 Å². The highest BCUT2D eigenvalue weighted by Gasteiger charge is 2.18. The number of aromatic nitrogens is 2. The molecule has 144 valence electrons. The van der Waals surface area contributed by atoms with Crippen molar-refractivity contribution in [1.82, 2.24) is 14.5 Å². The van der Waals surface area contributed by atoms with E-state index in [0.717, 1.165) is 31.6 Å². The minimum atomic E-state index is -0.110. The van der Waals surface area contributed by atoms with Crippen LogP contribution in [0.1, 0.15) is 25.7 Å². The number of rotatable bonds is 4. The van der Waals surface area contributed by atoms with Gasteiger partial charge in [0.2, 0.25) is 5.91 Å². The van der Waals surface area contributed by atoms with Crippen LogP contribution in [0.15, 0.2) is 64.5 Å². The topological polar surface area (TPSA) is 55.2 Å². The van der Waals surface area contributed by atoms with Gasteiger partial charge >= 0.3 is 0 Å². The summed E-state index contributed by atoms with van der Waals surface area (Å²) >= 11 is 1.34. The van der Waals surface area contributed by atoms with Gasteiger partial charge in [0.15, 0.2) is 5.16 Å². The van der Waals surface area contributed by atoms with Crippen molar-refractivity contribution in [2.24, 2.45) is 0 Å². The zero-order chi connectivity index (χ0) is 19.3. The lowest BCUT2D eigenvalue weighted by atomic mass is 10.2. The molecule has 2 aromatic carbocycles. The minimum absolute atomic E-state index is 0.110. The van der Waals surface area contributed by atoms with Gasteiger partial charge < -0.3 is 4.90 Å². The average Bonchev–Trinajstić information content (AvgIpc) is 3.02. The van der Waals surface area contributed by atoms with Gasteiger partial charge in [0.05, 0.1) is 22.3 Å². The summed E-state index contributed by atoms with van der Waals surface area (Å²) in [6, 6.07) is 16.8. The molecule has 1 aromatic heterocycles. The van der Waals surface area contributed by atoms with Crippen molar-refractivity contribution in [3.63, 3.8) is 0 Å². The summed E-state index contributed by atoms with van der Waals surface area (Å²) in [5, 5.41) is 1.13. The highest BCUT2D eigenvalue weighted by molar-refractivity contribution is 7.99. The molecular weight excluding hydrogens is 370 g/mol. The molecule has 0 N–H and O–H groups in total. The van der Waals surface area contributed by atoms with Gasteiger partial charge in [-0.25, -0.2) is 4.98 Å². The average molecular weight is 394 g/mol. The molecule has 0 aliphatic carbocycles. The molecule has 2 heterocycles. The summed E-state index contributed by atoms with van der Waals surface area (Å²) in [7, 11) is 0. The van der Waals surface area contributed by atoms with Crippen LogP contribution in [-0.2, 0) is 4.79 Å². The zero-order valence-corrected chi connectivity index (χ0v) is 16.5. The number of thioether (sulfide) groups is 1. The van der Waals surface area contributed by atoms with E-state index < -0.39 is 0 Å². The van der Waals surface area contributed by atoms with Gasteiger partial charge in [-0.1, -0.05) is 54.9 Å². The standard InChI is InChI=1S/C22H23N3O2S/c26-20(24-14-8-1-2-9-15-24)16-28-22-23-19-13-7-6-12-18(19)21(27)25(22)17-10-4-3-5-11-17/h3-7,10-13H,1-2,8-9,14-16H2. The molecular formula is C22H23N3O2S. The van der Waals surface area contributed by atoms with Gasteiger partial charge in [-0.3, -0.25) is 14.2 Å². The molecule has 1 aliphatic rings. The third kappa shape index (κ3) is 3.97. The van der Waals surface area contributed by atoms with Crippen molar-refractivity contribution in [2.45, 2.75) is 30.8 Å². The van der Waals surface area contributed by atoms with Crippen molar-refractivity contribution >= 4 is 28.6 Å². The van der Waals surface area contributed by atoms with E-state index in [1.54, 1.807) is 10.6 Å². The van der Waals surface area contributed by atoms with Crippen LogP contribution < -0.4 is 5.56 Å². The maximum absolute atomic E-state index is 13.2. The van der Waals surface area contributed by atoms with Crippen molar-refractivity contribution in [2.75, 3.05) is 18.8 Å². The molecule has 0 radical (unpaired) electrons. The third-order valence-electron chi connectivity index (χ3n) is 5.04. The molecule has 0 saturated carbocycles. The molecule has 5 nitrogen and oxygen atoms in total. The number of amides is 1. The minimum Gasteiger partial charge on any atom is -0.342 e. The fourth-order valence-electron chi connectivity index (χ4n) is 3.55. The van der Waals surface area contributed by atoms with Crippen LogP contribution in [0.25, 0.3) is 16.6 Å². The Labute approximate surface area is 168 Å². The van der Waals surface area contributed by atoms with E-state index >= 15 is 0 Å². The lowest BCUT2D eigenvalue weighted by Crippen LogP contribution is -2.33. The third-order valence-corrected chi connectivity index (χ3v) is 5.97. The van der Waals surface area contributed by atoms with Gasteiger partial charge in [-0.15, -0.1) is 0 Å². The summed E-state index contributed by atoms with van der Waals surface area (Å²) in [5.74, 6) is 0.409. The van der Waals surface area contributed by atoms with Crippen LogP contribution in [0.2, 0.25) is 0 Å². The maximum atomic E-state index is 13.2. The van der Waals surface area contributed by atoms with E-state index in [1.807, 2.05) is 53.4 Å². The predicted octanol–water partition coefficient (Wildman–Crippen LogP) is 3.88. The number of para-hydroxylation sites is 2. The highest BCUT2D eigenvalue weighted by atomic mass is 32.2. The van der Waals surface area contributed by atoms with E-state index in [-0.39, 0.29) is 17.2 Å². The number of hydrogen-bond donors (Lipinski definition) is 0. The smallest absolute Gasteiger partial charge is 0.266 e. The lowest BCUT2D eigenvalue weighted by Gasteiger charge is -2.20. The summed E-state index contributed by atoms with van der Waals surface area (Å²) in [4.78, 5) is 32.5. The molecule has 3 aromatic rings. The fourth-order valence-corrected chi connectivity index (χ4v) is 4.47. The van der Waals surface area contributed by atoms with Gasteiger partial charge in [-0.2, -0.15) is 0 Å². The summed E-state index contributed by atoms with van der Waals surface area (Å²) in [6.45, 7) is 1.66. The Hall–Kier alpha value is -2.60. The predicted molar refractivity (Wildman–Crippen MR) is 113 cm³/mol. The zero-order valence-electron chi connectivity index (χ0n) is 15.7. The Morgan fingerprint density at radius 3 is 2.36 bits per heavy atom. The van der Waals surface area contributed by atoms with E-state index in [2.05, 4.69) is 0 Å². The van der Waals surface area contributed by atoms with Crippen LogP contribution in [0, 0.1) is 0 Å². The molecule has 0 atom stereocenters. The number of hydrogen-bond acceptors (Lipinski definition) is 4. The first kappa shape index (κ1) is 18.7. The molecule has 1 fully saturated rings. The molecule has 0 unspecified atom stereocenters. The van der Waals surface area contributed by atoms with Crippen molar-refractivity contribution in [3.8, 4) is 5.69 Å². The molecule has 0 bridgehead atoms. The number of carbonyl (C=O) groups excluding carboxylic acids is 1. The number of carbonyl (C=O) groups is 1. The van der Waals surface area contributed by atoms with Gasteiger partial charge in [-0.05, 0) is 37.1 Å². The van der Waals surface area contributed by atoms with Gasteiger partial charge in [0.1, 0.15) is 0 Å². The summed E-state index contributed by atoms with van der Waals surface area (Å²) in [6.07, 6.45) is 4.52. The quantitative estimate of drug-likeness (QED) is 0.499. The van der Waals surface area contributed by atoms with Crippen LogP contribution in [0.3, 0.4) is 0 Å².